The molecule has 0 atom stereocenters. The Balaban J connectivity index is 1.30. The molecule has 8 nitrogen and oxygen atoms in total. The first-order valence-electron chi connectivity index (χ1n) is 12.9. The van der Waals surface area contributed by atoms with Gasteiger partial charge in [0.1, 0.15) is 23.9 Å². The van der Waals surface area contributed by atoms with Crippen molar-refractivity contribution in [1.82, 2.24) is 19.7 Å². The SMILES string of the molecule is COc1ccc(CN2CCc3nn(Cc4ccccc4)c4nc(NCCOc5ccccc5)nc2c34)cc1. The average molecular weight is 507 g/mol. The Hall–Kier alpha value is -4.59. The Morgan fingerprint density at radius 2 is 1.55 bits per heavy atom. The number of hydrogen-bond donors (Lipinski definition) is 1. The molecule has 1 aliphatic rings. The predicted molar refractivity (Wildman–Crippen MR) is 149 cm³/mol. The van der Waals surface area contributed by atoms with E-state index in [0.717, 1.165) is 53.6 Å². The van der Waals surface area contributed by atoms with Crippen molar-refractivity contribution in [3.63, 3.8) is 0 Å². The van der Waals surface area contributed by atoms with E-state index < -0.39 is 0 Å². The molecule has 2 aromatic heterocycles. The van der Waals surface area contributed by atoms with Gasteiger partial charge in [-0.05, 0) is 35.4 Å². The van der Waals surface area contributed by atoms with Gasteiger partial charge in [-0.3, -0.25) is 0 Å². The van der Waals surface area contributed by atoms with Crippen LogP contribution in [0.5, 0.6) is 11.5 Å². The summed E-state index contributed by atoms with van der Waals surface area (Å²) < 4.78 is 13.2. The molecule has 1 aliphatic heterocycles. The van der Waals surface area contributed by atoms with Gasteiger partial charge >= 0.3 is 0 Å². The highest BCUT2D eigenvalue weighted by Gasteiger charge is 2.27. The number of nitrogens with zero attached hydrogens (tertiary/aromatic N) is 5. The normalized spacial score (nSPS) is 12.5. The second-order valence-electron chi connectivity index (χ2n) is 9.27. The van der Waals surface area contributed by atoms with Crippen LogP contribution in [0.3, 0.4) is 0 Å². The summed E-state index contributed by atoms with van der Waals surface area (Å²) in [5, 5.41) is 9.38. The Kier molecular flexibility index (Phi) is 6.76. The van der Waals surface area contributed by atoms with E-state index in [9.17, 15) is 0 Å². The van der Waals surface area contributed by atoms with Crippen LogP contribution in [0.4, 0.5) is 11.8 Å². The first-order chi connectivity index (χ1) is 18.8. The van der Waals surface area contributed by atoms with Gasteiger partial charge < -0.3 is 19.7 Å². The summed E-state index contributed by atoms with van der Waals surface area (Å²) in [6, 6.07) is 28.4. The maximum atomic E-state index is 5.85. The molecule has 0 fully saturated rings. The molecule has 1 N–H and O–H groups in total. The van der Waals surface area contributed by atoms with E-state index in [1.54, 1.807) is 7.11 Å². The molecule has 192 valence electrons. The van der Waals surface area contributed by atoms with E-state index in [-0.39, 0.29) is 0 Å². The van der Waals surface area contributed by atoms with Gasteiger partial charge in [0, 0.05) is 19.5 Å². The molecule has 0 aliphatic carbocycles. The molecular weight excluding hydrogens is 476 g/mol. The van der Waals surface area contributed by atoms with Gasteiger partial charge in [0.2, 0.25) is 5.95 Å². The highest BCUT2D eigenvalue weighted by molar-refractivity contribution is 5.92. The quantitative estimate of drug-likeness (QED) is 0.269. The maximum absolute atomic E-state index is 5.85. The summed E-state index contributed by atoms with van der Waals surface area (Å²) >= 11 is 0. The molecule has 0 saturated heterocycles. The highest BCUT2D eigenvalue weighted by Crippen LogP contribution is 2.34. The number of benzene rings is 3. The largest absolute Gasteiger partial charge is 0.497 e. The number of rotatable bonds is 10. The van der Waals surface area contributed by atoms with Crippen molar-refractivity contribution >= 4 is 22.8 Å². The van der Waals surface area contributed by atoms with E-state index >= 15 is 0 Å². The van der Waals surface area contributed by atoms with Crippen LogP contribution in [0.1, 0.15) is 16.8 Å². The molecule has 3 aromatic carbocycles. The van der Waals surface area contributed by atoms with Gasteiger partial charge in [0.15, 0.2) is 5.65 Å². The van der Waals surface area contributed by atoms with E-state index in [0.29, 0.717) is 25.6 Å². The van der Waals surface area contributed by atoms with E-state index in [2.05, 4.69) is 46.6 Å². The zero-order valence-corrected chi connectivity index (χ0v) is 21.4. The van der Waals surface area contributed by atoms with Crippen LogP contribution in [0.15, 0.2) is 84.9 Å². The monoisotopic (exact) mass is 506 g/mol. The van der Waals surface area contributed by atoms with Gasteiger partial charge in [-0.1, -0.05) is 60.7 Å². The van der Waals surface area contributed by atoms with Gasteiger partial charge in [0.25, 0.3) is 0 Å². The third-order valence-corrected chi connectivity index (χ3v) is 6.67. The van der Waals surface area contributed by atoms with E-state index in [4.69, 9.17) is 24.5 Å². The maximum Gasteiger partial charge on any atom is 0.226 e. The van der Waals surface area contributed by atoms with E-state index in [1.807, 2.05) is 53.2 Å². The average Bonchev–Trinajstić information content (AvgIpc) is 3.31. The summed E-state index contributed by atoms with van der Waals surface area (Å²) in [4.78, 5) is 12.2. The minimum Gasteiger partial charge on any atom is -0.497 e. The van der Waals surface area contributed by atoms with Gasteiger partial charge in [-0.2, -0.15) is 15.1 Å². The lowest BCUT2D eigenvalue weighted by molar-refractivity contribution is 0.332. The highest BCUT2D eigenvalue weighted by atomic mass is 16.5. The number of para-hydroxylation sites is 1. The number of ether oxygens (including phenoxy) is 2. The molecule has 38 heavy (non-hydrogen) atoms. The molecule has 3 heterocycles. The lowest BCUT2D eigenvalue weighted by Crippen LogP contribution is -2.30. The molecule has 6 rings (SSSR count). The van der Waals surface area contributed by atoms with Crippen molar-refractivity contribution in [3.05, 3.63) is 102 Å². The number of anilines is 2. The summed E-state index contributed by atoms with van der Waals surface area (Å²) in [7, 11) is 1.69. The van der Waals surface area contributed by atoms with Gasteiger partial charge in [-0.25, -0.2) is 4.68 Å². The molecular formula is C30H30N6O2. The zero-order valence-electron chi connectivity index (χ0n) is 21.4. The summed E-state index contributed by atoms with van der Waals surface area (Å²) in [6.45, 7) is 3.33. The first kappa shape index (κ1) is 23.8. The van der Waals surface area contributed by atoms with Crippen LogP contribution in [0.2, 0.25) is 0 Å². The van der Waals surface area contributed by atoms with Crippen molar-refractivity contribution < 1.29 is 9.47 Å². The summed E-state index contributed by atoms with van der Waals surface area (Å²) in [6.07, 6.45) is 0.850. The van der Waals surface area contributed by atoms with Crippen molar-refractivity contribution in [2.45, 2.75) is 19.5 Å². The van der Waals surface area contributed by atoms with Crippen molar-refractivity contribution in [2.24, 2.45) is 0 Å². The topological polar surface area (TPSA) is 77.3 Å². The van der Waals surface area contributed by atoms with Crippen LogP contribution in [-0.2, 0) is 19.5 Å². The molecule has 0 radical (unpaired) electrons. The third kappa shape index (κ3) is 5.11. The van der Waals surface area contributed by atoms with Gasteiger partial charge in [0.05, 0.1) is 31.3 Å². The van der Waals surface area contributed by atoms with Crippen molar-refractivity contribution in [3.8, 4) is 11.5 Å². The molecule has 5 aromatic rings. The fourth-order valence-corrected chi connectivity index (χ4v) is 4.78. The van der Waals surface area contributed by atoms with Crippen LogP contribution < -0.4 is 19.7 Å². The smallest absolute Gasteiger partial charge is 0.226 e. The molecule has 0 unspecified atom stereocenters. The van der Waals surface area contributed by atoms with Crippen molar-refractivity contribution in [2.75, 3.05) is 37.0 Å². The Morgan fingerprint density at radius 1 is 0.816 bits per heavy atom. The number of hydrogen-bond acceptors (Lipinski definition) is 7. The predicted octanol–water partition coefficient (Wildman–Crippen LogP) is 4.94. The second kappa shape index (κ2) is 10.8. The molecule has 0 amide bonds. The number of aromatic nitrogens is 4. The fourth-order valence-electron chi connectivity index (χ4n) is 4.78. The molecule has 0 saturated carbocycles. The minimum absolute atomic E-state index is 0.505. The zero-order chi connectivity index (χ0) is 25.7. The Morgan fingerprint density at radius 3 is 2.32 bits per heavy atom. The molecule has 0 bridgehead atoms. The number of methoxy groups -OCH3 is 1. The van der Waals surface area contributed by atoms with Crippen LogP contribution in [0.25, 0.3) is 11.0 Å². The second-order valence-corrected chi connectivity index (χ2v) is 9.27. The standard InChI is InChI=1S/C30H30N6O2/c1-37-24-14-12-23(13-15-24)20-35-18-16-26-27-28(35)32-30(31-17-19-38-25-10-6-3-7-11-25)33-29(27)36(34-26)21-22-8-4-2-5-9-22/h2-15H,16-21H2,1H3,(H,31,32,33). The van der Waals surface area contributed by atoms with Gasteiger partial charge in [-0.15, -0.1) is 0 Å². The Bertz CT molecular complexity index is 1500. The molecule has 0 spiro atoms. The van der Waals surface area contributed by atoms with Crippen LogP contribution in [-0.4, -0.2) is 46.6 Å². The summed E-state index contributed by atoms with van der Waals surface area (Å²) in [5.74, 6) is 3.19. The van der Waals surface area contributed by atoms with Crippen LogP contribution in [0, 0.1) is 0 Å². The lowest BCUT2D eigenvalue weighted by Gasteiger charge is -2.28. The minimum atomic E-state index is 0.505. The van der Waals surface area contributed by atoms with Crippen LogP contribution >= 0.6 is 0 Å². The summed E-state index contributed by atoms with van der Waals surface area (Å²) in [5.41, 5.74) is 4.28. The number of nitrogens with one attached hydrogen (secondary N) is 1. The molecule has 8 heteroatoms. The fraction of sp³-hybridized carbons (Fsp3) is 0.233. The van der Waals surface area contributed by atoms with Crippen molar-refractivity contribution in [1.29, 1.82) is 0 Å². The first-order valence-corrected chi connectivity index (χ1v) is 12.9. The third-order valence-electron chi connectivity index (χ3n) is 6.67. The Labute approximate surface area is 221 Å². The lowest BCUT2D eigenvalue weighted by atomic mass is 10.1. The van der Waals surface area contributed by atoms with E-state index in [1.165, 1.54) is 11.1 Å².